The summed E-state index contributed by atoms with van der Waals surface area (Å²) in [6.07, 6.45) is 2.89. The van der Waals surface area contributed by atoms with E-state index in [1.807, 2.05) is 54.6 Å². The average Bonchev–Trinajstić information content (AvgIpc) is 3.56. The number of sulfonamides is 1. The lowest BCUT2D eigenvalue weighted by Crippen LogP contribution is -2.30. The van der Waals surface area contributed by atoms with Gasteiger partial charge in [-0.25, -0.2) is 27.3 Å². The Morgan fingerprint density at radius 3 is 2.32 bits per heavy atom. The molecule has 3 N–H and O–H groups in total. The van der Waals surface area contributed by atoms with Gasteiger partial charge in [-0.1, -0.05) is 29.8 Å². The van der Waals surface area contributed by atoms with E-state index in [1.54, 1.807) is 9.13 Å². The Morgan fingerprint density at radius 2 is 1.68 bits per heavy atom. The highest BCUT2D eigenvalue weighted by Crippen LogP contribution is 2.45. The highest BCUT2D eigenvalue weighted by Gasteiger charge is 2.46. The molecule has 1 saturated carbocycles. The van der Waals surface area contributed by atoms with E-state index in [-0.39, 0.29) is 29.4 Å². The maximum absolute atomic E-state index is 13.9. The van der Waals surface area contributed by atoms with Crippen LogP contribution in [0.3, 0.4) is 0 Å². The van der Waals surface area contributed by atoms with Gasteiger partial charge in [0.25, 0.3) is 5.65 Å². The number of hydrogen-bond donors (Lipinski definition) is 1. The van der Waals surface area contributed by atoms with Gasteiger partial charge in [0, 0.05) is 18.5 Å². The van der Waals surface area contributed by atoms with Crippen LogP contribution in [0.1, 0.15) is 18.9 Å². The van der Waals surface area contributed by atoms with Crippen molar-refractivity contribution in [3.05, 3.63) is 83.4 Å². The summed E-state index contributed by atoms with van der Waals surface area (Å²) in [6.45, 7) is 4.32. The molecule has 0 bridgehead atoms. The van der Waals surface area contributed by atoms with E-state index >= 15 is 0 Å². The number of aromatic amines is 1. The number of aromatic nitrogens is 4. The molecule has 1 aliphatic carbocycles. The van der Waals surface area contributed by atoms with Gasteiger partial charge >= 0.3 is 5.69 Å². The summed E-state index contributed by atoms with van der Waals surface area (Å²) in [7, 11) is -3.44. The molecule has 2 aliphatic rings. The normalized spacial score (nSPS) is 21.8. The molecule has 190 valence electrons. The largest absolute Gasteiger partial charge is 0.457 e. The van der Waals surface area contributed by atoms with E-state index in [9.17, 15) is 13.2 Å². The molecule has 10 nitrogen and oxygen atoms in total. The Kier molecular flexibility index (Phi) is 5.61. The average molecular weight is 520 g/mol. The molecule has 3 heterocycles. The van der Waals surface area contributed by atoms with Gasteiger partial charge in [0.2, 0.25) is 22.2 Å². The molecule has 1 aliphatic heterocycles. The molecule has 0 spiro atoms. The minimum atomic E-state index is -3.44. The van der Waals surface area contributed by atoms with Gasteiger partial charge in [0.1, 0.15) is 11.5 Å². The lowest BCUT2D eigenvalue weighted by atomic mass is 10.0. The second-order valence-corrected chi connectivity index (χ2v) is 11.4. The summed E-state index contributed by atoms with van der Waals surface area (Å²) in [5.41, 5.74) is 7.80. The minimum Gasteiger partial charge on any atom is -0.457 e. The zero-order valence-electron chi connectivity index (χ0n) is 20.0. The lowest BCUT2D eigenvalue weighted by molar-refractivity contribution is -0.354. The Hall–Kier alpha value is -3.96. The van der Waals surface area contributed by atoms with Crippen LogP contribution in [0, 0.1) is 11.8 Å². The molecular formula is C26H27N6O4S+. The van der Waals surface area contributed by atoms with Crippen LogP contribution in [-0.2, 0) is 10.0 Å². The van der Waals surface area contributed by atoms with Crippen molar-refractivity contribution in [1.29, 1.82) is 0 Å². The molecule has 2 fully saturated rings. The first-order valence-electron chi connectivity index (χ1n) is 12.1. The van der Waals surface area contributed by atoms with Crippen molar-refractivity contribution < 1.29 is 18.1 Å². The monoisotopic (exact) mass is 519 g/mol. The number of imidazole rings is 1. The highest BCUT2D eigenvalue weighted by atomic mass is 32.2. The van der Waals surface area contributed by atoms with Gasteiger partial charge in [0.05, 0.1) is 11.7 Å². The number of nitrogens with zero attached hydrogens (tertiary/aromatic N) is 4. The molecular weight excluding hydrogens is 492 g/mol. The number of ether oxygens (including phenoxy) is 1. The van der Waals surface area contributed by atoms with Gasteiger partial charge in [-0.2, -0.15) is 4.31 Å². The molecule has 6 rings (SSSR count). The van der Waals surface area contributed by atoms with Crippen LogP contribution in [0.4, 0.5) is 5.82 Å². The summed E-state index contributed by atoms with van der Waals surface area (Å²) < 4.78 is 35.2. The number of benzene rings is 2. The Balaban J connectivity index is 1.34. The maximum atomic E-state index is 13.9. The third-order valence-electron chi connectivity index (χ3n) is 7.44. The SMILES string of the molecule is C=CS(=O)(=O)N1CC2CC(n3c(=O)n(-c4ccc(Oc5ccccc5)cc4)c4c(N)nc[nH+]c43)CC2C1. The van der Waals surface area contributed by atoms with Gasteiger partial charge < -0.3 is 10.5 Å². The summed E-state index contributed by atoms with van der Waals surface area (Å²) in [5.74, 6) is 1.97. The maximum Gasteiger partial charge on any atom is 0.391 e. The standard InChI is InChI=1S/C26H26N6O4S/c1-2-37(34,35)30-14-17-12-20(13-18(17)15-30)32-25-23(24(27)28-16-29-25)31(26(32)33)19-8-10-22(11-9-19)36-21-6-4-3-5-7-21/h2-11,16-18,20H,1,12-15H2,(H2,27,28,29)/p+1. The van der Waals surface area contributed by atoms with E-state index < -0.39 is 10.0 Å². The second-order valence-electron chi connectivity index (χ2n) is 9.56. The molecule has 4 aromatic rings. The third kappa shape index (κ3) is 4.00. The van der Waals surface area contributed by atoms with Crippen molar-refractivity contribution in [2.24, 2.45) is 11.8 Å². The van der Waals surface area contributed by atoms with Crippen molar-refractivity contribution in [2.75, 3.05) is 18.8 Å². The minimum absolute atomic E-state index is 0.0847. The van der Waals surface area contributed by atoms with E-state index in [4.69, 9.17) is 10.5 Å². The van der Waals surface area contributed by atoms with E-state index in [0.29, 0.717) is 48.5 Å². The van der Waals surface area contributed by atoms with Crippen LogP contribution in [0.25, 0.3) is 16.9 Å². The number of hydrogen-bond acceptors (Lipinski definition) is 6. The molecule has 1 saturated heterocycles. The lowest BCUT2D eigenvalue weighted by Gasteiger charge is -2.16. The number of nitrogens with two attached hydrogens (primary N) is 1. The van der Waals surface area contributed by atoms with Gasteiger partial charge in [0.15, 0.2) is 5.52 Å². The molecule has 2 aromatic carbocycles. The van der Waals surface area contributed by atoms with Crippen molar-refractivity contribution in [2.45, 2.75) is 18.9 Å². The first-order valence-corrected chi connectivity index (χ1v) is 13.6. The quantitative estimate of drug-likeness (QED) is 0.417. The fourth-order valence-electron chi connectivity index (χ4n) is 5.73. The summed E-state index contributed by atoms with van der Waals surface area (Å²) in [4.78, 5) is 21.2. The van der Waals surface area contributed by atoms with E-state index in [0.717, 1.165) is 11.2 Å². The van der Waals surface area contributed by atoms with Crippen LogP contribution >= 0.6 is 0 Å². The fourth-order valence-corrected chi connectivity index (χ4v) is 6.74. The van der Waals surface area contributed by atoms with Crippen LogP contribution < -0.4 is 21.1 Å². The zero-order chi connectivity index (χ0) is 25.7. The number of rotatable bonds is 6. The first-order chi connectivity index (χ1) is 17.9. The van der Waals surface area contributed by atoms with E-state index in [1.165, 1.54) is 10.6 Å². The Bertz CT molecular complexity index is 1630. The van der Waals surface area contributed by atoms with Crippen molar-refractivity contribution in [3.8, 4) is 17.2 Å². The molecule has 2 atom stereocenters. The van der Waals surface area contributed by atoms with Crippen LogP contribution in [-0.4, -0.2) is 39.9 Å². The second kappa shape index (κ2) is 8.86. The highest BCUT2D eigenvalue weighted by molar-refractivity contribution is 7.92. The van der Waals surface area contributed by atoms with Gasteiger partial charge in [-0.3, -0.25) is 0 Å². The van der Waals surface area contributed by atoms with Crippen molar-refractivity contribution >= 4 is 27.0 Å². The number of nitrogens with one attached hydrogen (secondary N) is 1. The molecule has 0 amide bonds. The number of nitrogen functional groups attached to an aromatic ring is 1. The van der Waals surface area contributed by atoms with Crippen molar-refractivity contribution in [3.63, 3.8) is 0 Å². The van der Waals surface area contributed by atoms with E-state index in [2.05, 4.69) is 16.5 Å². The summed E-state index contributed by atoms with van der Waals surface area (Å²) in [5, 5.41) is 1.00. The zero-order valence-corrected chi connectivity index (χ0v) is 20.8. The topological polar surface area (TPSA) is 127 Å². The molecule has 2 unspecified atom stereocenters. The van der Waals surface area contributed by atoms with Crippen LogP contribution in [0.15, 0.2) is 77.7 Å². The number of anilines is 1. The Labute approximate surface area is 213 Å². The Morgan fingerprint density at radius 1 is 1.03 bits per heavy atom. The van der Waals surface area contributed by atoms with Crippen molar-refractivity contribution in [1.82, 2.24) is 18.4 Å². The van der Waals surface area contributed by atoms with Gasteiger partial charge in [-0.15, -0.1) is 0 Å². The summed E-state index contributed by atoms with van der Waals surface area (Å²) >= 11 is 0. The summed E-state index contributed by atoms with van der Waals surface area (Å²) in [6, 6.07) is 16.6. The number of para-hydroxylation sites is 1. The van der Waals surface area contributed by atoms with Crippen LogP contribution in [0.2, 0.25) is 0 Å². The predicted molar refractivity (Wildman–Crippen MR) is 139 cm³/mol. The van der Waals surface area contributed by atoms with Crippen LogP contribution in [0.5, 0.6) is 11.5 Å². The number of H-pyrrole nitrogens is 1. The molecule has 2 aromatic heterocycles. The smallest absolute Gasteiger partial charge is 0.391 e. The molecule has 0 radical (unpaired) electrons. The first kappa shape index (κ1) is 23.4. The fraction of sp³-hybridized carbons (Fsp3) is 0.269. The predicted octanol–water partition coefficient (Wildman–Crippen LogP) is 2.73. The molecule has 37 heavy (non-hydrogen) atoms. The number of fused-ring (bicyclic) bond motifs is 2. The van der Waals surface area contributed by atoms with Gasteiger partial charge in [-0.05, 0) is 61.1 Å². The molecule has 11 heteroatoms. The third-order valence-corrected chi connectivity index (χ3v) is 8.87.